The lowest BCUT2D eigenvalue weighted by Gasteiger charge is -2.35. The minimum absolute atomic E-state index is 0.170. The topological polar surface area (TPSA) is 48.5 Å². The highest BCUT2D eigenvalue weighted by Crippen LogP contribution is 2.19. The summed E-state index contributed by atoms with van der Waals surface area (Å²) in [6, 6.07) is 11.9. The average Bonchev–Trinajstić information content (AvgIpc) is 2.68. The van der Waals surface area contributed by atoms with E-state index in [-0.39, 0.29) is 5.91 Å². The van der Waals surface area contributed by atoms with Gasteiger partial charge in [-0.3, -0.25) is 9.78 Å². The Labute approximate surface area is 156 Å². The van der Waals surface area contributed by atoms with Crippen LogP contribution in [0.25, 0.3) is 0 Å². The van der Waals surface area contributed by atoms with Crippen molar-refractivity contribution in [3.05, 3.63) is 53.9 Å². The first-order chi connectivity index (χ1) is 12.6. The average molecular weight is 352 g/mol. The molecule has 0 bridgehead atoms. The molecule has 138 valence electrons. The molecule has 0 aliphatic carbocycles. The molecule has 1 N–H and O–H groups in total. The van der Waals surface area contributed by atoms with Gasteiger partial charge in [-0.25, -0.2) is 0 Å². The number of carbonyl (C=O) groups excluding carboxylic acids is 1. The van der Waals surface area contributed by atoms with E-state index in [0.717, 1.165) is 44.1 Å². The lowest BCUT2D eigenvalue weighted by Crippen LogP contribution is -2.46. The predicted molar refractivity (Wildman–Crippen MR) is 107 cm³/mol. The summed E-state index contributed by atoms with van der Waals surface area (Å²) in [5, 5.41) is 2.94. The molecule has 1 aliphatic rings. The lowest BCUT2D eigenvalue weighted by atomic mass is 10.0. The van der Waals surface area contributed by atoms with Crippen LogP contribution in [0, 0.1) is 0 Å². The molecule has 2 aromatic rings. The molecule has 1 saturated heterocycles. The third-order valence-corrected chi connectivity index (χ3v) is 5.00. The smallest absolute Gasteiger partial charge is 0.274 e. The first-order valence-electron chi connectivity index (χ1n) is 9.41. The Morgan fingerprint density at radius 1 is 1.12 bits per heavy atom. The molecule has 1 aromatic heterocycles. The second-order valence-corrected chi connectivity index (χ2v) is 7.05. The number of likely N-dealkylation sites (N-methyl/N-ethyl adjacent to an activating group) is 1. The lowest BCUT2D eigenvalue weighted by molar-refractivity contribution is 0.102. The SMILES string of the molecule is CCN1CCN(c2ccnc(C(=O)Nc3ccc(C(C)C)cc3)c2)CC1. The summed E-state index contributed by atoms with van der Waals surface area (Å²) in [5.41, 5.74) is 3.57. The van der Waals surface area contributed by atoms with Gasteiger partial charge in [0.15, 0.2) is 0 Å². The second kappa shape index (κ2) is 8.32. The van der Waals surface area contributed by atoms with Gasteiger partial charge < -0.3 is 15.1 Å². The minimum Gasteiger partial charge on any atom is -0.369 e. The minimum atomic E-state index is -0.170. The van der Waals surface area contributed by atoms with Crippen LogP contribution >= 0.6 is 0 Å². The van der Waals surface area contributed by atoms with Gasteiger partial charge in [0.05, 0.1) is 0 Å². The Balaban J connectivity index is 1.66. The van der Waals surface area contributed by atoms with Crippen LogP contribution in [0.4, 0.5) is 11.4 Å². The summed E-state index contributed by atoms with van der Waals surface area (Å²) in [6.07, 6.45) is 1.72. The van der Waals surface area contributed by atoms with E-state index < -0.39 is 0 Å². The molecule has 26 heavy (non-hydrogen) atoms. The molecule has 5 heteroatoms. The van der Waals surface area contributed by atoms with Gasteiger partial charge in [0.1, 0.15) is 5.69 Å². The first kappa shape index (κ1) is 18.4. The van der Waals surface area contributed by atoms with Crippen LogP contribution in [-0.2, 0) is 0 Å². The van der Waals surface area contributed by atoms with Crippen molar-refractivity contribution in [1.29, 1.82) is 0 Å². The van der Waals surface area contributed by atoms with E-state index in [1.807, 2.05) is 24.3 Å². The maximum atomic E-state index is 12.6. The van der Waals surface area contributed by atoms with Gasteiger partial charge in [-0.05, 0) is 42.3 Å². The number of rotatable bonds is 5. The van der Waals surface area contributed by atoms with Crippen molar-refractivity contribution in [2.24, 2.45) is 0 Å². The van der Waals surface area contributed by atoms with Gasteiger partial charge >= 0.3 is 0 Å². The summed E-state index contributed by atoms with van der Waals surface area (Å²) in [5.74, 6) is 0.308. The van der Waals surface area contributed by atoms with Crippen LogP contribution in [-0.4, -0.2) is 48.5 Å². The van der Waals surface area contributed by atoms with Gasteiger partial charge in [0, 0.05) is 43.8 Å². The third kappa shape index (κ3) is 4.41. The van der Waals surface area contributed by atoms with E-state index in [1.165, 1.54) is 5.56 Å². The quantitative estimate of drug-likeness (QED) is 0.893. The number of amides is 1. The number of carbonyl (C=O) groups is 1. The van der Waals surface area contributed by atoms with Gasteiger partial charge in [0.2, 0.25) is 0 Å². The Morgan fingerprint density at radius 3 is 2.42 bits per heavy atom. The highest BCUT2D eigenvalue weighted by Gasteiger charge is 2.17. The number of nitrogens with zero attached hydrogens (tertiary/aromatic N) is 3. The number of nitrogens with one attached hydrogen (secondary N) is 1. The molecule has 1 amide bonds. The number of piperazine rings is 1. The maximum absolute atomic E-state index is 12.6. The molecular formula is C21H28N4O. The van der Waals surface area contributed by atoms with Gasteiger partial charge in [0.25, 0.3) is 5.91 Å². The molecule has 2 heterocycles. The fourth-order valence-electron chi connectivity index (χ4n) is 3.21. The number of anilines is 2. The second-order valence-electron chi connectivity index (χ2n) is 7.05. The molecule has 0 atom stereocenters. The van der Waals surface area contributed by atoms with Crippen molar-refractivity contribution < 1.29 is 4.79 Å². The summed E-state index contributed by atoms with van der Waals surface area (Å²) in [7, 11) is 0. The Kier molecular flexibility index (Phi) is 5.89. The Hall–Kier alpha value is -2.40. The number of aromatic nitrogens is 1. The molecule has 5 nitrogen and oxygen atoms in total. The first-order valence-corrected chi connectivity index (χ1v) is 9.41. The number of hydrogen-bond donors (Lipinski definition) is 1. The van der Waals surface area contributed by atoms with E-state index in [9.17, 15) is 4.79 Å². The summed E-state index contributed by atoms with van der Waals surface area (Å²) in [6.45, 7) is 11.7. The van der Waals surface area contributed by atoms with Crippen LogP contribution in [0.2, 0.25) is 0 Å². The van der Waals surface area contributed by atoms with E-state index in [1.54, 1.807) is 6.20 Å². The normalized spacial score (nSPS) is 15.3. The molecule has 1 fully saturated rings. The van der Waals surface area contributed by atoms with Crippen molar-refractivity contribution in [2.45, 2.75) is 26.7 Å². The predicted octanol–water partition coefficient (Wildman–Crippen LogP) is 3.60. The fourth-order valence-corrected chi connectivity index (χ4v) is 3.21. The zero-order valence-corrected chi connectivity index (χ0v) is 15.9. The van der Waals surface area contributed by atoms with E-state index in [2.05, 4.69) is 53.0 Å². The summed E-state index contributed by atoms with van der Waals surface area (Å²) < 4.78 is 0. The van der Waals surface area contributed by atoms with Gasteiger partial charge in [-0.2, -0.15) is 0 Å². The van der Waals surface area contributed by atoms with E-state index in [4.69, 9.17) is 0 Å². The highest BCUT2D eigenvalue weighted by molar-refractivity contribution is 6.03. The maximum Gasteiger partial charge on any atom is 0.274 e. The molecule has 0 spiro atoms. The molecule has 1 aromatic carbocycles. The molecule has 3 rings (SSSR count). The molecule has 0 unspecified atom stereocenters. The van der Waals surface area contributed by atoms with Crippen LogP contribution < -0.4 is 10.2 Å². The van der Waals surface area contributed by atoms with Crippen molar-refractivity contribution in [3.63, 3.8) is 0 Å². The van der Waals surface area contributed by atoms with Crippen molar-refractivity contribution in [1.82, 2.24) is 9.88 Å². The van der Waals surface area contributed by atoms with Gasteiger partial charge in [-0.15, -0.1) is 0 Å². The zero-order valence-electron chi connectivity index (χ0n) is 15.9. The van der Waals surface area contributed by atoms with Gasteiger partial charge in [-0.1, -0.05) is 32.9 Å². The summed E-state index contributed by atoms with van der Waals surface area (Å²) >= 11 is 0. The number of hydrogen-bond acceptors (Lipinski definition) is 4. The summed E-state index contributed by atoms with van der Waals surface area (Å²) in [4.78, 5) is 21.6. The van der Waals surface area contributed by atoms with Crippen LogP contribution in [0.3, 0.4) is 0 Å². The van der Waals surface area contributed by atoms with E-state index >= 15 is 0 Å². The highest BCUT2D eigenvalue weighted by atomic mass is 16.1. The molecule has 0 radical (unpaired) electrons. The van der Waals surface area contributed by atoms with Crippen molar-refractivity contribution >= 4 is 17.3 Å². The van der Waals surface area contributed by atoms with Crippen LogP contribution in [0.15, 0.2) is 42.6 Å². The van der Waals surface area contributed by atoms with Crippen molar-refractivity contribution in [3.8, 4) is 0 Å². The Bertz CT molecular complexity index is 734. The van der Waals surface area contributed by atoms with E-state index in [0.29, 0.717) is 11.6 Å². The Morgan fingerprint density at radius 2 is 1.81 bits per heavy atom. The van der Waals surface area contributed by atoms with Crippen LogP contribution in [0.1, 0.15) is 42.7 Å². The van der Waals surface area contributed by atoms with Crippen molar-refractivity contribution in [2.75, 3.05) is 42.9 Å². The largest absolute Gasteiger partial charge is 0.369 e. The van der Waals surface area contributed by atoms with Crippen LogP contribution in [0.5, 0.6) is 0 Å². The number of benzene rings is 1. The molecular weight excluding hydrogens is 324 g/mol. The number of pyridine rings is 1. The molecule has 0 saturated carbocycles. The zero-order chi connectivity index (χ0) is 18.5. The monoisotopic (exact) mass is 352 g/mol. The molecule has 1 aliphatic heterocycles. The third-order valence-electron chi connectivity index (χ3n) is 5.00. The fraction of sp³-hybridized carbons (Fsp3) is 0.429. The standard InChI is InChI=1S/C21H28N4O/c1-4-24-11-13-25(14-12-24)19-9-10-22-20(15-19)21(26)23-18-7-5-17(6-8-18)16(2)3/h5-10,15-16H,4,11-14H2,1-3H3,(H,23,26).